The van der Waals surface area contributed by atoms with Gasteiger partial charge in [-0.05, 0) is 221 Å². The lowest BCUT2D eigenvalue weighted by molar-refractivity contribution is -0.385. The van der Waals surface area contributed by atoms with Gasteiger partial charge in [0.15, 0.2) is 3.92 Å². The van der Waals surface area contributed by atoms with Crippen LogP contribution in [0.2, 0.25) is 0 Å². The molecule has 5 saturated heterocycles. The van der Waals surface area contributed by atoms with Crippen molar-refractivity contribution in [1.82, 2.24) is 101 Å². The van der Waals surface area contributed by atoms with Gasteiger partial charge in [-0.25, -0.2) is 36.9 Å². The summed E-state index contributed by atoms with van der Waals surface area (Å²) >= 11 is 12.3. The summed E-state index contributed by atoms with van der Waals surface area (Å²) < 4.78 is 120. The monoisotopic (exact) mass is 2180 g/mol. The van der Waals surface area contributed by atoms with E-state index in [1.807, 2.05) is 137 Å². The van der Waals surface area contributed by atoms with Gasteiger partial charge < -0.3 is 63.8 Å². The second-order valence-corrected chi connectivity index (χ2v) is 46.2. The second-order valence-electron chi connectivity index (χ2n) is 37.7. The number of aliphatic hydroxyl groups excluding tert-OH is 1. The SMILES string of the molecule is C.CC(C)(C)OC(=O)N1CC=C(B2OC(C)(C)C(C)(C)O2)C1.CO.Cc1nnc(Br)s1.Cc1nnc(C2=CCN(C(=O)OC(C)(C)C)C2)s1.Cc1nnc(C2CCN(C(=O)C(F)(F)F)C2)s1.Cc1nnc(C2CCN(C(=O)Cc3nc(-c4ccc(F)cc4F)ccc3N)C2)s1.Cc1nnc(C2CCN(C(=O)Cc3nc(-c4ccc(F)cc4F)ccc3[N+](=O)[O-])C2)s1.Cc1nnc(C2CCN(C(=O)OC(C)(C)C)C2)s1. The van der Waals surface area contributed by atoms with Crippen molar-refractivity contribution >= 4 is 144 Å². The Hall–Kier alpha value is -11.1. The van der Waals surface area contributed by atoms with Gasteiger partial charge in [-0.1, -0.05) is 42.3 Å². The predicted octanol–water partition coefficient (Wildman–Crippen LogP) is 18.4. The Balaban J connectivity index is 0.000000191. The highest BCUT2D eigenvalue weighted by molar-refractivity contribution is 9.11. The molecule has 6 amide bonds. The number of amides is 6. The van der Waals surface area contributed by atoms with E-state index >= 15 is 0 Å². The van der Waals surface area contributed by atoms with E-state index in [4.69, 9.17) is 34.4 Å². The van der Waals surface area contributed by atoms with Crippen LogP contribution in [-0.4, -0.2) is 274 Å². The minimum Gasteiger partial charge on any atom is -0.444 e. The van der Waals surface area contributed by atoms with Crippen LogP contribution in [0.1, 0.15) is 213 Å². The predicted molar refractivity (Wildman–Crippen MR) is 539 cm³/mol. The Morgan fingerprint density at radius 1 is 0.493 bits per heavy atom. The minimum absolute atomic E-state index is 0. The number of pyridine rings is 2. The molecule has 0 saturated carbocycles. The van der Waals surface area contributed by atoms with Crippen molar-refractivity contribution in [3.63, 3.8) is 0 Å². The number of rotatable bonds is 13. The van der Waals surface area contributed by atoms with Gasteiger partial charge >= 0.3 is 37.5 Å². The van der Waals surface area contributed by atoms with E-state index in [1.54, 1.807) is 77.6 Å². The molecule has 0 radical (unpaired) electrons. The summed E-state index contributed by atoms with van der Waals surface area (Å²) in [6.07, 6.45) is 1.14. The van der Waals surface area contributed by atoms with Crippen LogP contribution in [0, 0.1) is 74.9 Å². The van der Waals surface area contributed by atoms with Crippen LogP contribution in [-0.2, 0) is 50.7 Å². The minimum atomic E-state index is -4.79. The molecule has 2 aromatic carbocycles. The zero-order valence-corrected chi connectivity index (χ0v) is 89.2. The summed E-state index contributed by atoms with van der Waals surface area (Å²) in [6, 6.07) is 11.9. The van der Waals surface area contributed by atoms with Gasteiger partial charge in [-0.3, -0.25) is 29.5 Å². The average molecular weight is 2190 g/mol. The summed E-state index contributed by atoms with van der Waals surface area (Å²) in [5.41, 5.74) is 6.84. The molecule has 4 unspecified atom stereocenters. The molecule has 7 aliphatic heterocycles. The van der Waals surface area contributed by atoms with Crippen molar-refractivity contribution in [2.24, 2.45) is 0 Å². The molecular weight excluding hydrogens is 2070 g/mol. The number of nitrogens with zero attached hydrogens (tertiary/aromatic N) is 21. The van der Waals surface area contributed by atoms with Crippen LogP contribution < -0.4 is 5.73 Å². The molecule has 4 atom stereocenters. The molecule has 3 N–H and O–H groups in total. The molecule has 15 heterocycles. The lowest BCUT2D eigenvalue weighted by atomic mass is 9.79. The maximum absolute atomic E-state index is 14.1. The molecule has 780 valence electrons. The fourth-order valence-corrected chi connectivity index (χ4v) is 20.0. The van der Waals surface area contributed by atoms with Crippen LogP contribution in [0.25, 0.3) is 28.1 Å². The molecule has 0 aliphatic carbocycles. The van der Waals surface area contributed by atoms with Crippen LogP contribution in [0.5, 0.6) is 0 Å². The zero-order valence-electron chi connectivity index (χ0n) is 82.7. The summed E-state index contributed by atoms with van der Waals surface area (Å²) in [5, 5.41) is 76.1. The maximum Gasteiger partial charge on any atom is 0.492 e. The van der Waals surface area contributed by atoms with Crippen molar-refractivity contribution in [1.29, 1.82) is 0 Å². The number of aromatic nitrogens is 14. The number of benzene rings is 2. The number of aliphatic hydroxyl groups is 1. The molecule has 144 heavy (non-hydrogen) atoms. The lowest BCUT2D eigenvalue weighted by Crippen LogP contribution is -2.41. The lowest BCUT2D eigenvalue weighted by Gasteiger charge is -2.32. The van der Waals surface area contributed by atoms with E-state index in [0.29, 0.717) is 99.4 Å². The first kappa shape index (κ1) is 116. The third-order valence-electron chi connectivity index (χ3n) is 22.4. The molecule has 8 aromatic heterocycles. The largest absolute Gasteiger partial charge is 0.492 e. The van der Waals surface area contributed by atoms with Gasteiger partial charge in [0.25, 0.3) is 5.69 Å². The van der Waals surface area contributed by atoms with Crippen LogP contribution >= 0.6 is 84.0 Å². The molecule has 51 heteroatoms. The number of carbonyl (C=O) groups is 6. The third kappa shape index (κ3) is 33.5. The van der Waals surface area contributed by atoms with Crippen molar-refractivity contribution in [3.05, 3.63) is 182 Å². The van der Waals surface area contributed by atoms with Gasteiger partial charge in [0.1, 0.15) is 101 Å². The number of likely N-dealkylation sites (tertiary alicyclic amines) is 4. The normalized spacial score (nSPS) is 17.7. The molecule has 0 spiro atoms. The van der Waals surface area contributed by atoms with Crippen LogP contribution in [0.15, 0.2) is 82.2 Å². The number of nitrogens with two attached hydrogens (primary N) is 1. The number of nitrogen functional groups attached to an aromatic ring is 1. The summed E-state index contributed by atoms with van der Waals surface area (Å²) in [7, 11) is 0.613. The number of hydrogen-bond donors (Lipinski definition) is 2. The zero-order chi connectivity index (χ0) is 105. The van der Waals surface area contributed by atoms with Gasteiger partial charge in [0.05, 0.1) is 58.3 Å². The first-order chi connectivity index (χ1) is 67.0. The van der Waals surface area contributed by atoms with Gasteiger partial charge in [-0.15, -0.1) is 107 Å². The van der Waals surface area contributed by atoms with E-state index in [-0.39, 0.29) is 128 Å². The van der Waals surface area contributed by atoms with Gasteiger partial charge in [-0.2, -0.15) is 13.2 Å². The van der Waals surface area contributed by atoms with Crippen molar-refractivity contribution in [2.75, 3.05) is 91.4 Å². The number of alkyl halides is 3. The first-order valence-corrected chi connectivity index (χ1v) is 51.0. The quantitative estimate of drug-likeness (QED) is 0.0356. The van der Waals surface area contributed by atoms with Gasteiger partial charge in [0.2, 0.25) is 11.8 Å². The number of carbonyl (C=O) groups excluding carboxylic acids is 6. The standard InChI is InChI=1S/C20H17F2N5O3S.C20H19F2N5OS.C15H26BNO4.C12H19N3O2S.C12H17N3O2S.C9H10F3N3OS.C3H3BrN2S.CH4O.CH4/c1-11-24-25-20(31-11)12-6-7-26(10-12)19(28)9-17-18(27(29)30)5-4-16(23-17)14-3-2-13(21)8-15(14)22;1-11-25-26-20(29-11)12-6-7-27(10-12)19(28)9-18-16(23)4-5-17(24-18)14-3-2-13(21)8-15(14)22;1-13(2,3)19-12(18)17-9-8-11(10-17)16-20-14(4,5)15(6,7)21-16;2*1-8-13-14-10(18-8)9-5-6-15(7-9)11(16)17-12(2,3)4;1-5-13-14-7(17-5)6-2-3-15(4-6)8(16)9(10,11)12;1-2-5-6-3(4)7-2;1-2;/h2-5,8,12H,6-7,9-10H2,1H3;2-5,8,12H,6-7,9-10,23H2,1H3;8H,9-10H2,1-7H3;9H,5-7H2,1-4H3;5H,6-7H2,1-4H3;6H,2-4H2,1H3;1H3;2H,1H3;1H4. The summed E-state index contributed by atoms with van der Waals surface area (Å²) in [5.74, 6) is -4.66. The van der Waals surface area contributed by atoms with E-state index in [1.165, 1.54) is 64.3 Å². The topological polar surface area (TPSA) is 438 Å². The highest BCUT2D eigenvalue weighted by Crippen LogP contribution is 2.42. The Kier molecular flexibility index (Phi) is 40.7. The van der Waals surface area contributed by atoms with Crippen molar-refractivity contribution in [2.45, 2.75) is 235 Å². The maximum atomic E-state index is 14.1. The van der Waals surface area contributed by atoms with Crippen molar-refractivity contribution in [3.8, 4) is 22.5 Å². The van der Waals surface area contributed by atoms with Gasteiger partial charge in [0, 0.05) is 138 Å². The summed E-state index contributed by atoms with van der Waals surface area (Å²) in [6.45, 7) is 42.2. The van der Waals surface area contributed by atoms with Crippen molar-refractivity contribution < 1.29 is 93.0 Å². The number of anilines is 1. The number of halogens is 8. The smallest absolute Gasteiger partial charge is 0.444 e. The first-order valence-electron chi connectivity index (χ1n) is 45.3. The molecule has 36 nitrogen and oxygen atoms in total. The Labute approximate surface area is 863 Å². The Bertz CT molecular complexity index is 6130. The Morgan fingerprint density at radius 2 is 0.854 bits per heavy atom. The molecule has 0 bridgehead atoms. The molecular formula is C93H119BBrF7N22O14S6. The third-order valence-corrected chi connectivity index (χ3v) is 28.6. The van der Waals surface area contributed by atoms with E-state index in [0.717, 1.165) is 115 Å². The van der Waals surface area contributed by atoms with Crippen LogP contribution in [0.4, 0.5) is 56.5 Å². The molecule has 7 aliphatic rings. The number of nitro groups is 1. The summed E-state index contributed by atoms with van der Waals surface area (Å²) in [4.78, 5) is 101. The van der Waals surface area contributed by atoms with Crippen LogP contribution in [0.3, 0.4) is 0 Å². The molecule has 10 aromatic rings. The molecule has 5 fully saturated rings. The highest BCUT2D eigenvalue weighted by atomic mass is 79.9. The molecule has 17 rings (SSSR count). The number of aryl methyl sites for hydroxylation is 6. The number of hydrogen-bond acceptors (Lipinski definition) is 35. The fourth-order valence-electron chi connectivity index (χ4n) is 14.8. The second kappa shape index (κ2) is 50.4. The highest BCUT2D eigenvalue weighted by Gasteiger charge is 2.54. The van der Waals surface area contributed by atoms with E-state index in [2.05, 4.69) is 87.1 Å². The average Bonchev–Trinajstić information content (AvgIpc) is 1.62. The fraction of sp³-hybridized carbons (Fsp3) is 0.527. The van der Waals surface area contributed by atoms with E-state index in [9.17, 15) is 69.6 Å². The number of ether oxygens (including phenoxy) is 3. The Morgan fingerprint density at radius 3 is 1.23 bits per heavy atom. The van der Waals surface area contributed by atoms with E-state index < -0.39 is 57.1 Å².